The van der Waals surface area contributed by atoms with E-state index >= 15 is 0 Å². The van der Waals surface area contributed by atoms with Crippen molar-refractivity contribution in [2.45, 2.75) is 38.4 Å². The molecule has 0 spiro atoms. The van der Waals surface area contributed by atoms with Crippen LogP contribution in [0.3, 0.4) is 0 Å². The maximum Gasteiger partial charge on any atom is 0.235 e. The third kappa shape index (κ3) is 6.90. The number of unbranched alkanes of at least 4 members (excludes halogenated alkanes) is 1. The fourth-order valence-corrected chi connectivity index (χ4v) is 4.37. The molecule has 1 fully saturated rings. The van der Waals surface area contributed by atoms with Crippen molar-refractivity contribution in [1.82, 2.24) is 0 Å². The highest BCUT2D eigenvalue weighted by Crippen LogP contribution is 2.34. The highest BCUT2D eigenvalue weighted by atomic mass is 16.5. The van der Waals surface area contributed by atoms with Crippen LogP contribution in [0.4, 0.5) is 0 Å². The minimum atomic E-state index is -1.43. The first-order valence-corrected chi connectivity index (χ1v) is 12.8. The lowest BCUT2D eigenvalue weighted by atomic mass is 9.76. The number of hydrogen-bond donors (Lipinski definition) is 2. The minimum Gasteiger partial charge on any atom is -0.493 e. The second-order valence-electron chi connectivity index (χ2n) is 9.07. The number of benzene rings is 2. The average molecular weight is 535 g/mol. The fraction of sp³-hybridized carbons (Fsp3) is 0.323. The van der Waals surface area contributed by atoms with E-state index in [9.17, 15) is 24.6 Å². The number of allylic oxidation sites excluding steroid dienone is 4. The molecule has 8 heteroatoms. The second kappa shape index (κ2) is 14.2. The van der Waals surface area contributed by atoms with Gasteiger partial charge in [0.05, 0.1) is 31.6 Å². The van der Waals surface area contributed by atoms with Gasteiger partial charge >= 0.3 is 0 Å². The van der Waals surface area contributed by atoms with Gasteiger partial charge in [0.25, 0.3) is 0 Å². The van der Waals surface area contributed by atoms with Crippen molar-refractivity contribution in [2.24, 2.45) is 11.8 Å². The van der Waals surface area contributed by atoms with Crippen LogP contribution in [-0.2, 0) is 9.59 Å². The predicted octanol–water partition coefficient (Wildman–Crippen LogP) is 4.50. The molecule has 0 aliphatic heterocycles. The van der Waals surface area contributed by atoms with Gasteiger partial charge in [0.1, 0.15) is 12.4 Å². The maximum atomic E-state index is 12.6. The number of aldehydes is 1. The highest BCUT2D eigenvalue weighted by molar-refractivity contribution is 5.97. The number of aliphatic hydroxyl groups excluding tert-OH is 2. The van der Waals surface area contributed by atoms with E-state index in [0.29, 0.717) is 28.8 Å². The molecule has 4 atom stereocenters. The number of para-hydroxylation sites is 1. The van der Waals surface area contributed by atoms with Gasteiger partial charge in [0.2, 0.25) is 11.2 Å². The summed E-state index contributed by atoms with van der Waals surface area (Å²) in [6, 6.07) is 14.6. The number of Topliss-reactive ketones (excluding diaryl/α,β-unsaturated/α-hetero) is 1. The molecule has 1 aliphatic rings. The summed E-state index contributed by atoms with van der Waals surface area (Å²) in [5.74, 6) is -0.652. The van der Waals surface area contributed by atoms with Crippen molar-refractivity contribution < 1.29 is 33.7 Å². The summed E-state index contributed by atoms with van der Waals surface area (Å²) in [6.07, 6.45) is 7.72. The van der Waals surface area contributed by atoms with Crippen molar-refractivity contribution in [3.05, 3.63) is 83.1 Å². The molecule has 39 heavy (non-hydrogen) atoms. The molecule has 2 aromatic carbocycles. The average Bonchev–Trinajstić information content (AvgIpc) is 2.96. The topological polar surface area (TPSA) is 123 Å². The Morgan fingerprint density at radius 3 is 2.38 bits per heavy atom. The standard InChI is InChI=1S/C17H14O4.C14H20O4/c1-19-13-10-6-9-12-14(18)17(20-2)15(21-16(12)13)11-7-4-3-5-8-11;1-2-3-4-5-6-7-10-8-12(16)14(18)13(17)11(10)9-15/h3-10H,1-2H3;4-7,9-12,14,16,18H,2-3,8H2,1H3. The zero-order chi connectivity index (χ0) is 28.4. The fourth-order valence-electron chi connectivity index (χ4n) is 4.37. The Balaban J connectivity index is 0.000000219. The smallest absolute Gasteiger partial charge is 0.235 e. The normalized spacial score (nSPS) is 21.1. The molecule has 0 saturated heterocycles. The van der Waals surface area contributed by atoms with Gasteiger partial charge < -0.3 is 28.9 Å². The number of hydrogen-bond acceptors (Lipinski definition) is 8. The Morgan fingerprint density at radius 1 is 1.00 bits per heavy atom. The minimum absolute atomic E-state index is 0.196. The van der Waals surface area contributed by atoms with Crippen molar-refractivity contribution in [3.8, 4) is 22.8 Å². The molecule has 0 amide bonds. The Kier molecular flexibility index (Phi) is 10.8. The molecule has 206 valence electrons. The van der Waals surface area contributed by atoms with E-state index in [4.69, 9.17) is 13.9 Å². The number of ketones is 1. The number of rotatable bonds is 8. The van der Waals surface area contributed by atoms with Crippen LogP contribution < -0.4 is 14.9 Å². The van der Waals surface area contributed by atoms with Gasteiger partial charge in [-0.15, -0.1) is 0 Å². The molecule has 3 aromatic rings. The number of carbonyl (C=O) groups is 2. The lowest BCUT2D eigenvalue weighted by Gasteiger charge is -2.31. The largest absolute Gasteiger partial charge is 0.493 e. The van der Waals surface area contributed by atoms with Gasteiger partial charge in [-0.1, -0.05) is 74.0 Å². The van der Waals surface area contributed by atoms with Gasteiger partial charge in [-0.25, -0.2) is 0 Å². The Bertz CT molecular complexity index is 1370. The predicted molar refractivity (Wildman–Crippen MR) is 149 cm³/mol. The highest BCUT2D eigenvalue weighted by Gasteiger charge is 2.41. The van der Waals surface area contributed by atoms with Crippen LogP contribution in [0.15, 0.2) is 82.0 Å². The number of carbonyl (C=O) groups excluding carboxylic acids is 2. The molecule has 1 heterocycles. The zero-order valence-electron chi connectivity index (χ0n) is 22.3. The van der Waals surface area contributed by atoms with Crippen molar-refractivity contribution in [1.29, 1.82) is 0 Å². The third-order valence-corrected chi connectivity index (χ3v) is 6.47. The van der Waals surface area contributed by atoms with Gasteiger partial charge in [-0.2, -0.15) is 0 Å². The molecule has 1 saturated carbocycles. The molecule has 0 bridgehead atoms. The summed E-state index contributed by atoms with van der Waals surface area (Å²) in [7, 11) is 3.01. The number of fused-ring (bicyclic) bond motifs is 1. The van der Waals surface area contributed by atoms with Crippen LogP contribution in [-0.4, -0.2) is 48.7 Å². The molecule has 4 rings (SSSR count). The maximum absolute atomic E-state index is 12.6. The Morgan fingerprint density at radius 2 is 1.74 bits per heavy atom. The monoisotopic (exact) mass is 534 g/mol. The van der Waals surface area contributed by atoms with Gasteiger partial charge in [0.15, 0.2) is 22.9 Å². The summed E-state index contributed by atoms with van der Waals surface area (Å²) in [6.45, 7) is 2.08. The quantitative estimate of drug-likeness (QED) is 0.246. The summed E-state index contributed by atoms with van der Waals surface area (Å²) in [5.41, 5.74) is 0.986. The first kappa shape index (κ1) is 29.5. The number of methoxy groups -OCH3 is 2. The van der Waals surface area contributed by atoms with E-state index in [1.807, 2.05) is 42.5 Å². The molecule has 1 aromatic heterocycles. The summed E-state index contributed by atoms with van der Waals surface area (Å²) in [4.78, 5) is 35.1. The molecular weight excluding hydrogens is 500 g/mol. The molecule has 4 unspecified atom stereocenters. The van der Waals surface area contributed by atoms with E-state index < -0.39 is 23.9 Å². The van der Waals surface area contributed by atoms with E-state index in [2.05, 4.69) is 6.92 Å². The molecule has 0 radical (unpaired) electrons. The lowest BCUT2D eigenvalue weighted by molar-refractivity contribution is -0.146. The zero-order valence-corrected chi connectivity index (χ0v) is 22.3. The van der Waals surface area contributed by atoms with Gasteiger partial charge in [0, 0.05) is 5.56 Å². The van der Waals surface area contributed by atoms with Crippen molar-refractivity contribution >= 4 is 23.0 Å². The van der Waals surface area contributed by atoms with Gasteiger partial charge in [-0.3, -0.25) is 9.59 Å². The lowest BCUT2D eigenvalue weighted by Crippen LogP contribution is -2.47. The Hall–Kier alpha value is -4.01. The first-order chi connectivity index (χ1) is 18.9. The molecule has 1 aliphatic carbocycles. The SMILES string of the molecule is CCCC=CC=CC1CC(O)C(O)C(=O)C1C=O.COc1c(-c2ccccc2)oc2c(OC)cccc2c1=O. The van der Waals surface area contributed by atoms with Crippen LogP contribution in [0.5, 0.6) is 11.5 Å². The molecular formula is C31H34O8. The Labute approximate surface area is 227 Å². The van der Waals surface area contributed by atoms with E-state index in [1.54, 1.807) is 37.5 Å². The van der Waals surface area contributed by atoms with Crippen LogP contribution in [0.1, 0.15) is 26.2 Å². The van der Waals surface area contributed by atoms with Crippen LogP contribution >= 0.6 is 0 Å². The van der Waals surface area contributed by atoms with Crippen molar-refractivity contribution in [2.75, 3.05) is 14.2 Å². The summed E-state index contributed by atoms with van der Waals surface area (Å²) < 4.78 is 16.5. The van der Waals surface area contributed by atoms with E-state index in [0.717, 1.165) is 18.4 Å². The molecule has 8 nitrogen and oxygen atoms in total. The van der Waals surface area contributed by atoms with E-state index in [-0.39, 0.29) is 23.5 Å². The first-order valence-electron chi connectivity index (χ1n) is 12.8. The third-order valence-electron chi connectivity index (χ3n) is 6.47. The van der Waals surface area contributed by atoms with Crippen LogP contribution in [0.2, 0.25) is 0 Å². The molecule has 2 N–H and O–H groups in total. The second-order valence-corrected chi connectivity index (χ2v) is 9.07. The number of aliphatic hydroxyl groups is 2. The van der Waals surface area contributed by atoms with E-state index in [1.165, 1.54) is 7.11 Å². The van der Waals surface area contributed by atoms with Crippen LogP contribution in [0, 0.1) is 11.8 Å². The van der Waals surface area contributed by atoms with Crippen LogP contribution in [0.25, 0.3) is 22.3 Å². The van der Waals surface area contributed by atoms with Gasteiger partial charge in [-0.05, 0) is 30.9 Å². The summed E-state index contributed by atoms with van der Waals surface area (Å²) in [5, 5.41) is 19.4. The number of ether oxygens (including phenoxy) is 2. The van der Waals surface area contributed by atoms with Crippen molar-refractivity contribution in [3.63, 3.8) is 0 Å². The summed E-state index contributed by atoms with van der Waals surface area (Å²) >= 11 is 0.